The van der Waals surface area contributed by atoms with Crippen LogP contribution < -0.4 is 9.47 Å². The van der Waals surface area contributed by atoms with Gasteiger partial charge in [-0.15, -0.1) is 4.40 Å². The van der Waals surface area contributed by atoms with Crippen LogP contribution in [0.15, 0.2) is 34.4 Å². The van der Waals surface area contributed by atoms with E-state index in [1.165, 1.54) is 27.3 Å². The number of methoxy groups -OCH3 is 2. The van der Waals surface area contributed by atoms with Gasteiger partial charge in [-0.25, -0.2) is 4.31 Å². The van der Waals surface area contributed by atoms with Crippen molar-refractivity contribution in [1.82, 2.24) is 14.1 Å². The van der Waals surface area contributed by atoms with E-state index >= 15 is 0 Å². The van der Waals surface area contributed by atoms with E-state index in [0.717, 1.165) is 23.9 Å². The number of carbonyl (C=O) groups is 1. The van der Waals surface area contributed by atoms with Crippen LogP contribution in [0.1, 0.15) is 12.5 Å². The number of amides is 1. The van der Waals surface area contributed by atoms with Gasteiger partial charge >= 0.3 is 10.2 Å². The third-order valence-corrected chi connectivity index (χ3v) is 6.50. The van der Waals surface area contributed by atoms with Gasteiger partial charge in [0.1, 0.15) is 17.2 Å². The molecule has 1 aromatic carbocycles. The maximum absolute atomic E-state index is 13.1. The van der Waals surface area contributed by atoms with Crippen LogP contribution in [0.25, 0.3) is 0 Å². The molecule has 3 rings (SSSR count). The minimum absolute atomic E-state index is 0.0600. The first-order valence-corrected chi connectivity index (χ1v) is 10.7. The Hall–Kier alpha value is -2.59. The number of ether oxygens (including phenoxy) is 2. The first-order valence-electron chi connectivity index (χ1n) is 9.35. The highest BCUT2D eigenvalue weighted by atomic mass is 32.2. The number of nitrogens with zero attached hydrogens (tertiary/aromatic N) is 4. The minimum Gasteiger partial charge on any atom is -0.497 e. The van der Waals surface area contributed by atoms with Crippen LogP contribution >= 0.6 is 0 Å². The van der Waals surface area contributed by atoms with Crippen molar-refractivity contribution in [2.45, 2.75) is 6.92 Å². The van der Waals surface area contributed by atoms with Crippen molar-refractivity contribution in [2.75, 3.05) is 54.0 Å². The van der Waals surface area contributed by atoms with Crippen molar-refractivity contribution >= 4 is 21.8 Å². The van der Waals surface area contributed by atoms with E-state index in [0.29, 0.717) is 30.2 Å². The summed E-state index contributed by atoms with van der Waals surface area (Å²) < 4.78 is 40.7. The van der Waals surface area contributed by atoms with Crippen LogP contribution in [0.3, 0.4) is 0 Å². The second-order valence-electron chi connectivity index (χ2n) is 6.74. The smallest absolute Gasteiger partial charge is 0.345 e. The lowest BCUT2D eigenvalue weighted by Gasteiger charge is -2.36. The molecule has 1 aromatic rings. The number of hydrogen-bond donors (Lipinski definition) is 0. The summed E-state index contributed by atoms with van der Waals surface area (Å²) >= 11 is 0. The van der Waals surface area contributed by atoms with Crippen LogP contribution in [0.5, 0.6) is 11.5 Å². The normalized spacial score (nSPS) is 19.4. The predicted molar refractivity (Wildman–Crippen MR) is 110 cm³/mol. The lowest BCUT2D eigenvalue weighted by Crippen LogP contribution is -2.50. The molecule has 9 nitrogen and oxygen atoms in total. The lowest BCUT2D eigenvalue weighted by atomic mass is 10.1. The fourth-order valence-electron chi connectivity index (χ4n) is 3.32. The molecule has 2 heterocycles. The molecule has 0 bridgehead atoms. The summed E-state index contributed by atoms with van der Waals surface area (Å²) in [6, 6.07) is 5.01. The summed E-state index contributed by atoms with van der Waals surface area (Å²) in [5, 5.41) is 0. The molecule has 158 valence electrons. The second-order valence-corrected chi connectivity index (χ2v) is 8.37. The number of piperazine rings is 1. The van der Waals surface area contributed by atoms with Crippen molar-refractivity contribution in [1.29, 1.82) is 0 Å². The van der Waals surface area contributed by atoms with Gasteiger partial charge in [0.05, 0.1) is 19.9 Å². The van der Waals surface area contributed by atoms with E-state index in [2.05, 4.69) is 16.2 Å². The number of carbonyl (C=O) groups excluding carboxylic acids is 1. The van der Waals surface area contributed by atoms with Crippen LogP contribution in [0, 0.1) is 0 Å². The van der Waals surface area contributed by atoms with E-state index in [4.69, 9.17) is 9.47 Å². The minimum atomic E-state index is -4.05. The summed E-state index contributed by atoms with van der Waals surface area (Å²) in [4.78, 5) is 17.0. The van der Waals surface area contributed by atoms with Crippen LogP contribution in [0.4, 0.5) is 0 Å². The molecule has 0 spiro atoms. The third kappa shape index (κ3) is 4.23. The number of likely N-dealkylation sites (N-methyl/N-ethyl adjacent to an activating group) is 2. The molecule has 29 heavy (non-hydrogen) atoms. The van der Waals surface area contributed by atoms with Gasteiger partial charge in [0.2, 0.25) is 0 Å². The Morgan fingerprint density at radius 3 is 2.41 bits per heavy atom. The molecule has 0 atom stereocenters. The quantitative estimate of drug-likeness (QED) is 0.695. The average Bonchev–Trinajstić information content (AvgIpc) is 2.74. The molecule has 2 aliphatic heterocycles. The van der Waals surface area contributed by atoms with Gasteiger partial charge in [-0.05, 0) is 30.8 Å². The van der Waals surface area contributed by atoms with Crippen LogP contribution in [-0.2, 0) is 15.0 Å². The fourth-order valence-corrected chi connectivity index (χ4v) is 4.22. The van der Waals surface area contributed by atoms with Gasteiger partial charge in [0.15, 0.2) is 0 Å². The first-order chi connectivity index (χ1) is 13.8. The number of hydrogen-bond acceptors (Lipinski definition) is 6. The van der Waals surface area contributed by atoms with Gasteiger partial charge in [-0.1, -0.05) is 6.92 Å². The fraction of sp³-hybridized carbons (Fsp3) is 0.474. The van der Waals surface area contributed by atoms with E-state index in [1.807, 2.05) is 0 Å². The van der Waals surface area contributed by atoms with Gasteiger partial charge < -0.3 is 19.3 Å². The van der Waals surface area contributed by atoms with Crippen molar-refractivity contribution < 1.29 is 22.7 Å². The molecule has 0 unspecified atom stereocenters. The Bertz CT molecular complexity index is 949. The van der Waals surface area contributed by atoms with E-state index in [1.54, 1.807) is 23.1 Å². The van der Waals surface area contributed by atoms with Crippen LogP contribution in [0.2, 0.25) is 0 Å². The molecule has 2 aliphatic rings. The Kier molecular flexibility index (Phi) is 6.13. The van der Waals surface area contributed by atoms with E-state index < -0.39 is 10.2 Å². The maximum atomic E-state index is 13.1. The zero-order valence-corrected chi connectivity index (χ0v) is 17.9. The Labute approximate surface area is 171 Å². The maximum Gasteiger partial charge on any atom is 0.345 e. The molecular formula is C19H26N4O5S. The standard InChI is InChI=1S/C19H26N4O5S/c1-5-22-8-10-23(11-9-22)19(24)17-13-16(20-29(25,26)21(17)2)15-12-14(27-3)6-7-18(15)28-4/h6-7,12-13H,5,8-11H2,1-4H3. The van der Waals surface area contributed by atoms with Crippen molar-refractivity contribution in [3.63, 3.8) is 0 Å². The SMILES string of the molecule is CCN1CCN(C(=O)C2=CC(c3cc(OC)ccc3OC)=NS(=O)(=O)N2C)CC1. The molecular weight excluding hydrogens is 396 g/mol. The van der Waals surface area contributed by atoms with Crippen molar-refractivity contribution in [2.24, 2.45) is 4.40 Å². The summed E-state index contributed by atoms with van der Waals surface area (Å²) in [5.74, 6) is 0.627. The Balaban J connectivity index is 1.99. The summed E-state index contributed by atoms with van der Waals surface area (Å²) in [6.45, 7) is 5.62. The zero-order chi connectivity index (χ0) is 21.2. The predicted octanol–water partition coefficient (Wildman–Crippen LogP) is 0.731. The molecule has 0 saturated carbocycles. The molecule has 10 heteroatoms. The highest BCUT2D eigenvalue weighted by molar-refractivity contribution is 7.88. The average molecular weight is 423 g/mol. The number of benzene rings is 1. The van der Waals surface area contributed by atoms with Gasteiger partial charge in [-0.3, -0.25) is 4.79 Å². The largest absolute Gasteiger partial charge is 0.497 e. The van der Waals surface area contributed by atoms with Gasteiger partial charge in [0, 0.05) is 38.8 Å². The number of rotatable bonds is 5. The zero-order valence-electron chi connectivity index (χ0n) is 17.1. The summed E-state index contributed by atoms with van der Waals surface area (Å²) in [5.41, 5.74) is 0.629. The summed E-state index contributed by atoms with van der Waals surface area (Å²) in [7, 11) is 0.283. The van der Waals surface area contributed by atoms with Gasteiger partial charge in [-0.2, -0.15) is 8.42 Å². The highest BCUT2D eigenvalue weighted by Gasteiger charge is 2.34. The molecule has 0 aromatic heterocycles. The molecule has 0 N–H and O–H groups in total. The van der Waals surface area contributed by atoms with Gasteiger partial charge in [0.25, 0.3) is 5.91 Å². The Morgan fingerprint density at radius 1 is 1.14 bits per heavy atom. The van der Waals surface area contributed by atoms with E-state index in [9.17, 15) is 13.2 Å². The molecule has 0 aliphatic carbocycles. The number of allylic oxidation sites excluding steroid dienone is 1. The molecule has 1 saturated heterocycles. The second kappa shape index (κ2) is 8.42. The van der Waals surface area contributed by atoms with E-state index in [-0.39, 0.29) is 17.3 Å². The molecule has 1 amide bonds. The van der Waals surface area contributed by atoms with Crippen molar-refractivity contribution in [3.8, 4) is 11.5 Å². The lowest BCUT2D eigenvalue weighted by molar-refractivity contribution is -0.129. The topological polar surface area (TPSA) is 91.7 Å². The first kappa shape index (κ1) is 21.1. The molecule has 1 fully saturated rings. The highest BCUT2D eigenvalue weighted by Crippen LogP contribution is 2.29. The monoisotopic (exact) mass is 422 g/mol. The summed E-state index contributed by atoms with van der Waals surface area (Å²) in [6.07, 6.45) is 1.49. The Morgan fingerprint density at radius 2 is 1.83 bits per heavy atom. The van der Waals surface area contributed by atoms with Crippen LogP contribution in [-0.4, -0.2) is 88.1 Å². The molecule has 0 radical (unpaired) electrons. The third-order valence-electron chi connectivity index (χ3n) is 5.18. The van der Waals surface area contributed by atoms with Crippen molar-refractivity contribution in [3.05, 3.63) is 35.5 Å².